The molecule has 1 saturated heterocycles. The lowest BCUT2D eigenvalue weighted by Crippen LogP contribution is -2.57. The molecule has 0 spiro atoms. The number of ether oxygens (including phenoxy) is 1. The average Bonchev–Trinajstić information content (AvgIpc) is 3.69. The SMILES string of the molecule is CC(C)[C@@H]1CN(c2nc(C3CC3)c3c(c2C#N)CC(C)(C)OC3)CCN1C(=O)CCC1CC1. The van der Waals surface area contributed by atoms with Crippen molar-refractivity contribution in [2.24, 2.45) is 11.8 Å². The third-order valence-corrected chi connectivity index (χ3v) is 7.98. The van der Waals surface area contributed by atoms with E-state index in [0.717, 1.165) is 60.1 Å². The summed E-state index contributed by atoms with van der Waals surface area (Å²) in [6.07, 6.45) is 7.39. The summed E-state index contributed by atoms with van der Waals surface area (Å²) in [6, 6.07) is 2.67. The summed E-state index contributed by atoms with van der Waals surface area (Å²) in [5.41, 5.74) is 3.90. The van der Waals surface area contributed by atoms with E-state index in [4.69, 9.17) is 9.72 Å². The summed E-state index contributed by atoms with van der Waals surface area (Å²) >= 11 is 0. The molecule has 5 rings (SSSR count). The quantitative estimate of drug-likeness (QED) is 0.636. The van der Waals surface area contributed by atoms with Crippen LogP contribution in [0, 0.1) is 23.2 Å². The molecule has 3 heterocycles. The fraction of sp³-hybridized carbons (Fsp3) is 0.741. The van der Waals surface area contributed by atoms with E-state index in [0.29, 0.717) is 37.3 Å². The molecule has 1 atom stereocenters. The Morgan fingerprint density at radius 3 is 2.61 bits per heavy atom. The van der Waals surface area contributed by atoms with Crippen LogP contribution >= 0.6 is 0 Å². The van der Waals surface area contributed by atoms with Gasteiger partial charge >= 0.3 is 0 Å². The number of aromatic nitrogens is 1. The summed E-state index contributed by atoms with van der Waals surface area (Å²) in [5.74, 6) is 2.78. The van der Waals surface area contributed by atoms with Crippen LogP contribution in [0.5, 0.6) is 0 Å². The van der Waals surface area contributed by atoms with Crippen LogP contribution in [-0.4, -0.2) is 47.1 Å². The van der Waals surface area contributed by atoms with E-state index in [1.807, 2.05) is 0 Å². The highest BCUT2D eigenvalue weighted by Crippen LogP contribution is 2.46. The second-order valence-electron chi connectivity index (χ2n) is 11.6. The van der Waals surface area contributed by atoms with E-state index in [1.165, 1.54) is 25.7 Å². The number of piperazine rings is 1. The van der Waals surface area contributed by atoms with Crippen molar-refractivity contribution in [2.45, 2.75) is 96.8 Å². The van der Waals surface area contributed by atoms with Crippen molar-refractivity contribution in [1.29, 1.82) is 5.26 Å². The summed E-state index contributed by atoms with van der Waals surface area (Å²) < 4.78 is 6.12. The van der Waals surface area contributed by atoms with Crippen molar-refractivity contribution >= 4 is 11.7 Å². The van der Waals surface area contributed by atoms with E-state index < -0.39 is 0 Å². The van der Waals surface area contributed by atoms with Crippen molar-refractivity contribution in [3.05, 3.63) is 22.4 Å². The van der Waals surface area contributed by atoms with E-state index in [1.54, 1.807) is 0 Å². The van der Waals surface area contributed by atoms with Crippen molar-refractivity contribution in [3.63, 3.8) is 0 Å². The van der Waals surface area contributed by atoms with Gasteiger partial charge in [-0.15, -0.1) is 0 Å². The fourth-order valence-corrected chi connectivity index (χ4v) is 5.58. The lowest BCUT2D eigenvalue weighted by molar-refractivity contribution is -0.135. The molecule has 1 aromatic heterocycles. The molecule has 178 valence electrons. The number of carbonyl (C=O) groups excluding carboxylic acids is 1. The van der Waals surface area contributed by atoms with Gasteiger partial charge in [-0.05, 0) is 50.5 Å². The Balaban J connectivity index is 1.44. The monoisotopic (exact) mass is 450 g/mol. The summed E-state index contributed by atoms with van der Waals surface area (Å²) in [6.45, 7) is 11.4. The van der Waals surface area contributed by atoms with E-state index in [9.17, 15) is 10.1 Å². The van der Waals surface area contributed by atoms with Gasteiger partial charge in [0.1, 0.15) is 11.9 Å². The van der Waals surface area contributed by atoms with Crippen molar-refractivity contribution in [2.75, 3.05) is 24.5 Å². The molecule has 2 aliphatic carbocycles. The zero-order chi connectivity index (χ0) is 23.3. The molecule has 6 heteroatoms. The molecular formula is C27H38N4O2. The van der Waals surface area contributed by atoms with Gasteiger partial charge in [0.2, 0.25) is 5.91 Å². The number of rotatable bonds is 6. The topological polar surface area (TPSA) is 69.5 Å². The van der Waals surface area contributed by atoms with Crippen LogP contribution in [0.1, 0.15) is 94.5 Å². The number of amides is 1. The zero-order valence-corrected chi connectivity index (χ0v) is 20.7. The van der Waals surface area contributed by atoms with Crippen LogP contribution in [0.4, 0.5) is 5.82 Å². The van der Waals surface area contributed by atoms with E-state index in [2.05, 4.69) is 43.6 Å². The highest BCUT2D eigenvalue weighted by atomic mass is 16.5. The van der Waals surface area contributed by atoms with Crippen LogP contribution in [0.25, 0.3) is 0 Å². The Morgan fingerprint density at radius 1 is 1.21 bits per heavy atom. The minimum Gasteiger partial charge on any atom is -0.370 e. The summed E-state index contributed by atoms with van der Waals surface area (Å²) in [5, 5.41) is 10.2. The average molecular weight is 451 g/mol. The third kappa shape index (κ3) is 4.62. The second kappa shape index (κ2) is 8.58. The molecule has 1 aromatic rings. The fourth-order valence-electron chi connectivity index (χ4n) is 5.58. The van der Waals surface area contributed by atoms with Crippen molar-refractivity contribution < 1.29 is 9.53 Å². The number of carbonyl (C=O) groups is 1. The Labute approximate surface area is 198 Å². The maximum atomic E-state index is 13.1. The van der Waals surface area contributed by atoms with Crippen molar-refractivity contribution in [3.8, 4) is 6.07 Å². The van der Waals surface area contributed by atoms with Crippen LogP contribution in [0.2, 0.25) is 0 Å². The van der Waals surface area contributed by atoms with Crippen LogP contribution in [0.15, 0.2) is 0 Å². The highest BCUT2D eigenvalue weighted by molar-refractivity contribution is 5.77. The Hall–Kier alpha value is -2.13. The lowest BCUT2D eigenvalue weighted by atomic mass is 9.87. The third-order valence-electron chi connectivity index (χ3n) is 7.98. The smallest absolute Gasteiger partial charge is 0.222 e. The molecule has 0 N–H and O–H groups in total. The van der Waals surface area contributed by atoms with E-state index >= 15 is 0 Å². The maximum Gasteiger partial charge on any atom is 0.222 e. The number of anilines is 1. The molecule has 0 unspecified atom stereocenters. The highest BCUT2D eigenvalue weighted by Gasteiger charge is 2.39. The van der Waals surface area contributed by atoms with Crippen LogP contribution in [0.3, 0.4) is 0 Å². The maximum absolute atomic E-state index is 13.1. The van der Waals surface area contributed by atoms with Gasteiger partial charge in [-0.1, -0.05) is 26.7 Å². The van der Waals surface area contributed by atoms with Gasteiger partial charge in [0.15, 0.2) is 0 Å². The summed E-state index contributed by atoms with van der Waals surface area (Å²) in [7, 11) is 0. The Bertz CT molecular complexity index is 971. The minimum absolute atomic E-state index is 0.152. The molecule has 1 amide bonds. The largest absolute Gasteiger partial charge is 0.370 e. The molecule has 0 radical (unpaired) electrons. The Kier molecular flexibility index (Phi) is 5.89. The standard InChI is InChI=1S/C27H38N4O2/c1-17(2)23-15-30(11-12-31(23)24(32)10-7-18-5-6-18)26-21(14-28)20-13-27(3,4)33-16-22(20)25(29-26)19-8-9-19/h17-19,23H,5-13,15-16H2,1-4H3/t23-/m0/s1. The molecule has 2 aliphatic heterocycles. The van der Waals surface area contributed by atoms with Gasteiger partial charge in [0.05, 0.1) is 29.5 Å². The molecule has 6 nitrogen and oxygen atoms in total. The van der Waals surface area contributed by atoms with Gasteiger partial charge in [-0.25, -0.2) is 4.98 Å². The molecule has 0 bridgehead atoms. The number of nitrogens with zero attached hydrogens (tertiary/aromatic N) is 4. The van der Waals surface area contributed by atoms with Gasteiger partial charge in [-0.2, -0.15) is 5.26 Å². The normalized spacial score (nSPS) is 24.5. The second-order valence-corrected chi connectivity index (χ2v) is 11.6. The van der Waals surface area contributed by atoms with Gasteiger partial charge < -0.3 is 14.5 Å². The number of nitriles is 1. The number of pyridine rings is 1. The predicted octanol–water partition coefficient (Wildman–Crippen LogP) is 4.55. The first kappa shape index (κ1) is 22.7. The molecule has 4 aliphatic rings. The first-order chi connectivity index (χ1) is 15.8. The number of hydrogen-bond donors (Lipinski definition) is 0. The van der Waals surface area contributed by atoms with E-state index in [-0.39, 0.29) is 11.6 Å². The van der Waals surface area contributed by atoms with Gasteiger partial charge in [0.25, 0.3) is 0 Å². The van der Waals surface area contributed by atoms with Gasteiger partial charge in [-0.3, -0.25) is 4.79 Å². The molecule has 2 saturated carbocycles. The molecule has 33 heavy (non-hydrogen) atoms. The summed E-state index contributed by atoms with van der Waals surface area (Å²) in [4.78, 5) is 22.6. The minimum atomic E-state index is -0.273. The molecular weight excluding hydrogens is 412 g/mol. The molecule has 0 aromatic carbocycles. The first-order valence-corrected chi connectivity index (χ1v) is 12.9. The van der Waals surface area contributed by atoms with Crippen molar-refractivity contribution in [1.82, 2.24) is 9.88 Å². The first-order valence-electron chi connectivity index (χ1n) is 12.9. The lowest BCUT2D eigenvalue weighted by Gasteiger charge is -2.44. The number of hydrogen-bond acceptors (Lipinski definition) is 5. The van der Waals surface area contributed by atoms with Crippen LogP contribution in [-0.2, 0) is 22.6 Å². The predicted molar refractivity (Wildman–Crippen MR) is 128 cm³/mol. The Morgan fingerprint density at radius 2 is 1.97 bits per heavy atom. The number of fused-ring (bicyclic) bond motifs is 1. The zero-order valence-electron chi connectivity index (χ0n) is 20.7. The molecule has 3 fully saturated rings. The van der Waals surface area contributed by atoms with Gasteiger partial charge in [0, 0.05) is 44.0 Å². The van der Waals surface area contributed by atoms with Crippen LogP contribution < -0.4 is 4.90 Å².